The largest absolute Gasteiger partial charge is 0.351 e. The highest BCUT2D eigenvalue weighted by atomic mass is 35.5. The Hall–Kier alpha value is -0.440. The van der Waals surface area contributed by atoms with Crippen molar-refractivity contribution in [3.63, 3.8) is 0 Å². The molecule has 0 bridgehead atoms. The summed E-state index contributed by atoms with van der Waals surface area (Å²) in [6.07, 6.45) is 0.831. The van der Waals surface area contributed by atoms with Crippen LogP contribution in [0.25, 0.3) is 0 Å². The fraction of sp³-hybridized carbons (Fsp3) is 0.462. The quantitative estimate of drug-likeness (QED) is 0.804. The Labute approximate surface area is 123 Å². The number of halogens is 3. The molecule has 0 aromatic heterocycles. The summed E-state index contributed by atoms with van der Waals surface area (Å²) in [7, 11) is 0. The summed E-state index contributed by atoms with van der Waals surface area (Å²) in [6.45, 7) is 4.64. The van der Waals surface area contributed by atoms with E-state index in [2.05, 4.69) is 19.2 Å². The van der Waals surface area contributed by atoms with Crippen molar-refractivity contribution in [1.29, 1.82) is 0 Å². The molecule has 0 spiro atoms. The number of alkyl halides is 1. The van der Waals surface area contributed by atoms with E-state index < -0.39 is 0 Å². The third-order valence-electron chi connectivity index (χ3n) is 2.67. The number of carbonyl (C=O) groups is 1. The fourth-order valence-corrected chi connectivity index (χ4v) is 2.32. The Balaban J connectivity index is 2.69. The van der Waals surface area contributed by atoms with Crippen molar-refractivity contribution in [3.05, 3.63) is 33.8 Å². The number of benzene rings is 1. The van der Waals surface area contributed by atoms with E-state index in [1.807, 2.05) is 0 Å². The number of hydrogen-bond donors (Lipinski definition) is 1. The van der Waals surface area contributed by atoms with Crippen LogP contribution in [0.5, 0.6) is 0 Å². The molecule has 100 valence electrons. The molecule has 0 heterocycles. The first-order valence-electron chi connectivity index (χ1n) is 5.65. The van der Waals surface area contributed by atoms with Crippen LogP contribution in [0.2, 0.25) is 10.0 Å². The van der Waals surface area contributed by atoms with Gasteiger partial charge in [0.15, 0.2) is 0 Å². The highest BCUT2D eigenvalue weighted by Gasteiger charge is 2.19. The minimum absolute atomic E-state index is 0.0392. The first-order chi connectivity index (χ1) is 8.35. The zero-order valence-electron chi connectivity index (χ0n) is 10.4. The van der Waals surface area contributed by atoms with Crippen LogP contribution in [-0.4, -0.2) is 18.3 Å². The molecule has 1 amide bonds. The van der Waals surface area contributed by atoms with Gasteiger partial charge in [-0.2, -0.15) is 0 Å². The molecule has 1 aromatic rings. The number of nitrogens with one attached hydrogen (secondary N) is 1. The molecule has 1 aromatic carbocycles. The molecule has 18 heavy (non-hydrogen) atoms. The second-order valence-electron chi connectivity index (χ2n) is 4.91. The van der Waals surface area contributed by atoms with Crippen molar-refractivity contribution >= 4 is 40.7 Å². The average molecular weight is 309 g/mol. The summed E-state index contributed by atoms with van der Waals surface area (Å²) in [5, 5.41) is 3.74. The SMILES string of the molecule is CC(C)(CCCl)CNC(=O)c1cc(Cl)ccc1Cl. The van der Waals surface area contributed by atoms with Gasteiger partial charge in [0.25, 0.3) is 5.91 Å². The van der Waals surface area contributed by atoms with Gasteiger partial charge in [0, 0.05) is 17.4 Å². The van der Waals surface area contributed by atoms with Gasteiger partial charge in [-0.3, -0.25) is 4.79 Å². The Bertz CT molecular complexity index is 432. The van der Waals surface area contributed by atoms with E-state index in [1.165, 1.54) is 0 Å². The van der Waals surface area contributed by atoms with Gasteiger partial charge < -0.3 is 5.32 Å². The molecule has 2 nitrogen and oxygen atoms in total. The Morgan fingerprint density at radius 1 is 1.33 bits per heavy atom. The van der Waals surface area contributed by atoms with Crippen LogP contribution >= 0.6 is 34.8 Å². The molecule has 1 rings (SSSR count). The summed E-state index contributed by atoms with van der Waals surface area (Å²) < 4.78 is 0. The molecule has 0 saturated carbocycles. The predicted molar refractivity (Wildman–Crippen MR) is 77.9 cm³/mol. The zero-order chi connectivity index (χ0) is 13.8. The Morgan fingerprint density at radius 3 is 2.61 bits per heavy atom. The van der Waals surface area contributed by atoms with Gasteiger partial charge >= 0.3 is 0 Å². The topological polar surface area (TPSA) is 29.1 Å². The minimum Gasteiger partial charge on any atom is -0.351 e. The summed E-state index contributed by atoms with van der Waals surface area (Å²) in [6, 6.07) is 4.83. The van der Waals surface area contributed by atoms with Crippen LogP contribution in [0.1, 0.15) is 30.6 Å². The first-order valence-corrected chi connectivity index (χ1v) is 6.94. The van der Waals surface area contributed by atoms with Gasteiger partial charge in [-0.05, 0) is 30.0 Å². The summed E-state index contributed by atoms with van der Waals surface area (Å²) >= 11 is 17.5. The van der Waals surface area contributed by atoms with Crippen LogP contribution in [0, 0.1) is 5.41 Å². The number of amides is 1. The van der Waals surface area contributed by atoms with E-state index in [0.29, 0.717) is 28.0 Å². The van der Waals surface area contributed by atoms with Crippen LogP contribution in [0.3, 0.4) is 0 Å². The average Bonchev–Trinajstić information content (AvgIpc) is 2.29. The summed E-state index contributed by atoms with van der Waals surface area (Å²) in [5.41, 5.74) is 0.355. The van der Waals surface area contributed by atoms with Crippen LogP contribution in [-0.2, 0) is 0 Å². The maximum absolute atomic E-state index is 12.0. The molecule has 0 saturated heterocycles. The van der Waals surface area contributed by atoms with Crippen molar-refractivity contribution in [3.8, 4) is 0 Å². The molecule has 0 atom stereocenters. The molecule has 0 radical (unpaired) electrons. The Kier molecular flexibility index (Phi) is 5.77. The molecule has 0 aliphatic carbocycles. The van der Waals surface area contributed by atoms with E-state index in [9.17, 15) is 4.79 Å². The van der Waals surface area contributed by atoms with E-state index in [4.69, 9.17) is 34.8 Å². The van der Waals surface area contributed by atoms with Crippen LogP contribution in [0.15, 0.2) is 18.2 Å². The van der Waals surface area contributed by atoms with Gasteiger partial charge in [0.05, 0.1) is 10.6 Å². The van der Waals surface area contributed by atoms with Crippen LogP contribution < -0.4 is 5.32 Å². The monoisotopic (exact) mass is 307 g/mol. The van der Waals surface area contributed by atoms with Gasteiger partial charge in [0.1, 0.15) is 0 Å². The van der Waals surface area contributed by atoms with E-state index >= 15 is 0 Å². The van der Waals surface area contributed by atoms with Crippen molar-refractivity contribution in [2.24, 2.45) is 5.41 Å². The zero-order valence-corrected chi connectivity index (χ0v) is 12.7. The molecule has 0 aliphatic heterocycles. The van der Waals surface area contributed by atoms with Crippen molar-refractivity contribution in [2.45, 2.75) is 20.3 Å². The predicted octanol–water partition coefficient (Wildman–Crippen LogP) is 4.38. The van der Waals surface area contributed by atoms with E-state index in [0.717, 1.165) is 6.42 Å². The standard InChI is InChI=1S/C13H16Cl3NO/c1-13(2,5-6-14)8-17-12(18)10-7-9(15)3-4-11(10)16/h3-4,7H,5-6,8H2,1-2H3,(H,17,18). The minimum atomic E-state index is -0.217. The van der Waals surface area contributed by atoms with Crippen molar-refractivity contribution in [1.82, 2.24) is 5.32 Å². The highest BCUT2D eigenvalue weighted by Crippen LogP contribution is 2.22. The third-order valence-corrected chi connectivity index (χ3v) is 3.43. The molecule has 1 N–H and O–H groups in total. The lowest BCUT2D eigenvalue weighted by atomic mass is 9.90. The normalized spacial score (nSPS) is 11.4. The van der Waals surface area contributed by atoms with Gasteiger partial charge in [-0.1, -0.05) is 37.0 Å². The molecule has 5 heteroatoms. The molecule has 0 fully saturated rings. The molecule has 0 unspecified atom stereocenters. The smallest absolute Gasteiger partial charge is 0.252 e. The van der Waals surface area contributed by atoms with E-state index in [-0.39, 0.29) is 11.3 Å². The maximum atomic E-state index is 12.0. The van der Waals surface area contributed by atoms with E-state index in [1.54, 1.807) is 18.2 Å². The van der Waals surface area contributed by atoms with Crippen LogP contribution in [0.4, 0.5) is 0 Å². The fourth-order valence-electron chi connectivity index (χ4n) is 1.43. The summed E-state index contributed by atoms with van der Waals surface area (Å²) in [4.78, 5) is 12.0. The second-order valence-corrected chi connectivity index (χ2v) is 6.13. The van der Waals surface area contributed by atoms with Crippen molar-refractivity contribution < 1.29 is 4.79 Å². The first kappa shape index (κ1) is 15.6. The molecule has 0 aliphatic rings. The third kappa shape index (κ3) is 4.68. The second kappa shape index (κ2) is 6.65. The van der Waals surface area contributed by atoms with Gasteiger partial charge in [-0.15, -0.1) is 11.6 Å². The number of hydrogen-bond acceptors (Lipinski definition) is 1. The summed E-state index contributed by atoms with van der Waals surface area (Å²) in [5.74, 6) is 0.353. The number of rotatable bonds is 5. The van der Waals surface area contributed by atoms with Crippen molar-refractivity contribution in [2.75, 3.05) is 12.4 Å². The Morgan fingerprint density at radius 2 is 2.00 bits per heavy atom. The molecular formula is C13H16Cl3NO. The highest BCUT2D eigenvalue weighted by molar-refractivity contribution is 6.35. The van der Waals surface area contributed by atoms with Gasteiger partial charge in [-0.25, -0.2) is 0 Å². The molecular weight excluding hydrogens is 293 g/mol. The lowest BCUT2D eigenvalue weighted by molar-refractivity contribution is 0.0936. The lowest BCUT2D eigenvalue weighted by Crippen LogP contribution is -2.34. The lowest BCUT2D eigenvalue weighted by Gasteiger charge is -2.23. The number of carbonyl (C=O) groups excluding carboxylic acids is 1. The maximum Gasteiger partial charge on any atom is 0.252 e. The van der Waals surface area contributed by atoms with Gasteiger partial charge in [0.2, 0.25) is 0 Å².